The first-order valence-electron chi connectivity index (χ1n) is 6.83. The zero-order chi connectivity index (χ0) is 14.2. The van der Waals surface area contributed by atoms with Crippen molar-refractivity contribution < 1.29 is 9.53 Å². The molecule has 4 heteroatoms. The third kappa shape index (κ3) is 7.67. The van der Waals surface area contributed by atoms with Crippen LogP contribution in [0.5, 0.6) is 0 Å². The summed E-state index contributed by atoms with van der Waals surface area (Å²) in [6.07, 6.45) is 3.38. The van der Waals surface area contributed by atoms with E-state index in [-0.39, 0.29) is 11.4 Å². The van der Waals surface area contributed by atoms with E-state index in [1.165, 1.54) is 7.11 Å². The number of esters is 1. The van der Waals surface area contributed by atoms with Gasteiger partial charge in [-0.05, 0) is 45.2 Å². The summed E-state index contributed by atoms with van der Waals surface area (Å²) in [6, 6.07) is 0.367. The van der Waals surface area contributed by atoms with E-state index in [1.54, 1.807) is 0 Å². The fourth-order valence-corrected chi connectivity index (χ4v) is 1.77. The molecule has 2 N–H and O–H groups in total. The van der Waals surface area contributed by atoms with Crippen LogP contribution in [-0.2, 0) is 9.53 Å². The molecule has 0 unspecified atom stereocenters. The van der Waals surface area contributed by atoms with Gasteiger partial charge in [-0.15, -0.1) is 0 Å². The number of nitrogens with two attached hydrogens (primary N) is 1. The Balaban J connectivity index is 3.95. The van der Waals surface area contributed by atoms with Crippen molar-refractivity contribution in [2.45, 2.75) is 53.0 Å². The number of rotatable bonds is 9. The van der Waals surface area contributed by atoms with Crippen LogP contribution in [0.1, 0.15) is 47.0 Å². The fraction of sp³-hybridized carbons (Fsp3) is 0.929. The average molecular weight is 258 g/mol. The Hall–Kier alpha value is -0.610. The summed E-state index contributed by atoms with van der Waals surface area (Å²) in [4.78, 5) is 13.4. The summed E-state index contributed by atoms with van der Waals surface area (Å²) >= 11 is 0. The molecule has 0 aromatic heterocycles. The number of ether oxygens (including phenoxy) is 1. The van der Waals surface area contributed by atoms with Crippen LogP contribution in [0.4, 0.5) is 0 Å². The molecule has 0 aliphatic carbocycles. The number of methoxy groups -OCH3 is 1. The van der Waals surface area contributed by atoms with Gasteiger partial charge in [-0.2, -0.15) is 0 Å². The molecule has 0 amide bonds. The lowest BCUT2D eigenvalue weighted by Crippen LogP contribution is -2.37. The molecular weight excluding hydrogens is 228 g/mol. The minimum atomic E-state index is -0.161. The Morgan fingerprint density at radius 1 is 1.33 bits per heavy atom. The van der Waals surface area contributed by atoms with E-state index in [0.29, 0.717) is 12.6 Å². The Bertz CT molecular complexity index is 240. The van der Waals surface area contributed by atoms with Gasteiger partial charge in [0.15, 0.2) is 0 Å². The number of carbonyl (C=O) groups is 1. The Kier molecular flexibility index (Phi) is 8.20. The zero-order valence-electron chi connectivity index (χ0n) is 12.7. The summed E-state index contributed by atoms with van der Waals surface area (Å²) in [5, 5.41) is 0. The summed E-state index contributed by atoms with van der Waals surface area (Å²) in [6.45, 7) is 10.6. The normalized spacial score (nSPS) is 12.2. The molecule has 0 fully saturated rings. The largest absolute Gasteiger partial charge is 0.468 e. The number of hydrogen-bond donors (Lipinski definition) is 1. The highest BCUT2D eigenvalue weighted by atomic mass is 16.5. The maximum atomic E-state index is 11.3. The molecule has 0 saturated heterocycles. The second-order valence-corrected chi connectivity index (χ2v) is 5.97. The molecular formula is C14H30N2O2. The Morgan fingerprint density at radius 3 is 2.39 bits per heavy atom. The van der Waals surface area contributed by atoms with Crippen molar-refractivity contribution in [2.24, 2.45) is 11.1 Å². The molecule has 0 heterocycles. The first-order chi connectivity index (χ1) is 8.32. The van der Waals surface area contributed by atoms with Gasteiger partial charge in [0.1, 0.15) is 0 Å². The third-order valence-corrected chi connectivity index (χ3v) is 3.39. The summed E-state index contributed by atoms with van der Waals surface area (Å²) < 4.78 is 4.71. The van der Waals surface area contributed by atoms with E-state index in [0.717, 1.165) is 32.4 Å². The molecule has 0 bridgehead atoms. The van der Waals surface area contributed by atoms with Crippen LogP contribution >= 0.6 is 0 Å². The lowest BCUT2D eigenvalue weighted by Gasteiger charge is -2.26. The number of carbonyl (C=O) groups excluding carboxylic acids is 1. The third-order valence-electron chi connectivity index (χ3n) is 3.39. The first kappa shape index (κ1) is 17.4. The number of hydrogen-bond acceptors (Lipinski definition) is 4. The second-order valence-electron chi connectivity index (χ2n) is 5.97. The molecule has 4 nitrogen and oxygen atoms in total. The first-order valence-corrected chi connectivity index (χ1v) is 6.83. The standard InChI is InChI=1S/C14H30N2O2/c1-12(2)16(10-13(17)18-5)9-7-6-8-14(3,4)11-15/h12H,6-11,15H2,1-5H3. The molecule has 0 spiro atoms. The maximum absolute atomic E-state index is 11.3. The molecule has 0 aromatic carbocycles. The van der Waals surface area contributed by atoms with Crippen LogP contribution in [0.3, 0.4) is 0 Å². The van der Waals surface area contributed by atoms with E-state index < -0.39 is 0 Å². The van der Waals surface area contributed by atoms with Crippen molar-refractivity contribution in [1.82, 2.24) is 4.90 Å². The highest BCUT2D eigenvalue weighted by molar-refractivity contribution is 5.71. The summed E-state index contributed by atoms with van der Waals surface area (Å²) in [5.41, 5.74) is 5.94. The lowest BCUT2D eigenvalue weighted by atomic mass is 9.87. The zero-order valence-corrected chi connectivity index (χ0v) is 12.7. The molecule has 0 radical (unpaired) electrons. The summed E-state index contributed by atoms with van der Waals surface area (Å²) in [7, 11) is 1.44. The van der Waals surface area contributed by atoms with Crippen LogP contribution in [0.25, 0.3) is 0 Å². The summed E-state index contributed by atoms with van der Waals surface area (Å²) in [5.74, 6) is -0.161. The predicted octanol–water partition coefficient (Wildman–Crippen LogP) is 2.02. The highest BCUT2D eigenvalue weighted by Gasteiger charge is 2.17. The van der Waals surface area contributed by atoms with Crippen LogP contribution in [0.2, 0.25) is 0 Å². The Morgan fingerprint density at radius 2 is 1.94 bits per heavy atom. The highest BCUT2D eigenvalue weighted by Crippen LogP contribution is 2.21. The molecule has 0 rings (SSSR count). The van der Waals surface area contributed by atoms with Crippen LogP contribution in [0, 0.1) is 5.41 Å². The van der Waals surface area contributed by atoms with Gasteiger partial charge in [0.2, 0.25) is 0 Å². The van der Waals surface area contributed by atoms with Crippen molar-refractivity contribution in [3.05, 3.63) is 0 Å². The molecule has 18 heavy (non-hydrogen) atoms. The average Bonchev–Trinajstić information content (AvgIpc) is 2.32. The van der Waals surface area contributed by atoms with Gasteiger partial charge in [0, 0.05) is 6.04 Å². The predicted molar refractivity (Wildman–Crippen MR) is 75.4 cm³/mol. The van der Waals surface area contributed by atoms with Crippen molar-refractivity contribution in [2.75, 3.05) is 26.7 Å². The second kappa shape index (κ2) is 8.48. The van der Waals surface area contributed by atoms with E-state index in [9.17, 15) is 4.79 Å². The van der Waals surface area contributed by atoms with Crippen molar-refractivity contribution >= 4 is 5.97 Å². The molecule has 0 aromatic rings. The minimum absolute atomic E-state index is 0.161. The van der Waals surface area contributed by atoms with Crippen LogP contribution in [-0.4, -0.2) is 43.7 Å². The van der Waals surface area contributed by atoms with Crippen molar-refractivity contribution in [3.63, 3.8) is 0 Å². The molecule has 108 valence electrons. The monoisotopic (exact) mass is 258 g/mol. The smallest absolute Gasteiger partial charge is 0.319 e. The maximum Gasteiger partial charge on any atom is 0.319 e. The van der Waals surface area contributed by atoms with Crippen molar-refractivity contribution in [3.8, 4) is 0 Å². The molecule has 0 aliphatic rings. The van der Waals surface area contributed by atoms with Gasteiger partial charge < -0.3 is 10.5 Å². The van der Waals surface area contributed by atoms with E-state index in [1.807, 2.05) is 0 Å². The van der Waals surface area contributed by atoms with Gasteiger partial charge in [0.05, 0.1) is 13.7 Å². The molecule has 0 saturated carbocycles. The van der Waals surface area contributed by atoms with Crippen LogP contribution < -0.4 is 5.73 Å². The lowest BCUT2D eigenvalue weighted by molar-refractivity contribution is -0.142. The molecule has 0 aliphatic heterocycles. The SMILES string of the molecule is COC(=O)CN(CCCCC(C)(C)CN)C(C)C. The fourth-order valence-electron chi connectivity index (χ4n) is 1.77. The van der Waals surface area contributed by atoms with Gasteiger partial charge in [0.25, 0.3) is 0 Å². The van der Waals surface area contributed by atoms with E-state index in [2.05, 4.69) is 32.6 Å². The van der Waals surface area contributed by atoms with E-state index >= 15 is 0 Å². The van der Waals surface area contributed by atoms with E-state index in [4.69, 9.17) is 10.5 Å². The van der Waals surface area contributed by atoms with Gasteiger partial charge in [-0.3, -0.25) is 9.69 Å². The molecule has 0 atom stereocenters. The Labute approximate surface area is 112 Å². The quantitative estimate of drug-likeness (QED) is 0.508. The van der Waals surface area contributed by atoms with Gasteiger partial charge in [-0.25, -0.2) is 0 Å². The van der Waals surface area contributed by atoms with Gasteiger partial charge in [-0.1, -0.05) is 20.3 Å². The topological polar surface area (TPSA) is 55.6 Å². The minimum Gasteiger partial charge on any atom is -0.468 e. The number of nitrogens with zero attached hydrogens (tertiary/aromatic N) is 1. The van der Waals surface area contributed by atoms with Crippen molar-refractivity contribution in [1.29, 1.82) is 0 Å². The number of unbranched alkanes of at least 4 members (excludes halogenated alkanes) is 1. The van der Waals surface area contributed by atoms with Crippen LogP contribution in [0.15, 0.2) is 0 Å². The van der Waals surface area contributed by atoms with Gasteiger partial charge >= 0.3 is 5.97 Å².